The van der Waals surface area contributed by atoms with E-state index in [-0.39, 0.29) is 23.2 Å². The number of hydrogen-bond acceptors (Lipinski definition) is 7. The van der Waals surface area contributed by atoms with Crippen LogP contribution in [0.25, 0.3) is 0 Å². The van der Waals surface area contributed by atoms with Gasteiger partial charge in [0.25, 0.3) is 0 Å². The number of amides is 1. The molecule has 0 aliphatic carbocycles. The van der Waals surface area contributed by atoms with Gasteiger partial charge in [0.2, 0.25) is 17.7 Å². The van der Waals surface area contributed by atoms with Gasteiger partial charge in [0, 0.05) is 29.7 Å². The van der Waals surface area contributed by atoms with Crippen molar-refractivity contribution in [3.63, 3.8) is 0 Å². The van der Waals surface area contributed by atoms with Crippen LogP contribution in [0.5, 0.6) is 0 Å². The predicted molar refractivity (Wildman–Crippen MR) is 87.2 cm³/mol. The van der Waals surface area contributed by atoms with E-state index < -0.39 is 0 Å². The van der Waals surface area contributed by atoms with E-state index in [1.807, 2.05) is 30.5 Å². The summed E-state index contributed by atoms with van der Waals surface area (Å²) in [5.74, 6) is 4.60. The number of hydrogen-bond donors (Lipinski definition) is 0. The number of carbonyl (C=O) groups is 1. The van der Waals surface area contributed by atoms with Crippen molar-refractivity contribution in [2.45, 2.75) is 31.1 Å². The molecule has 1 aromatic rings. The van der Waals surface area contributed by atoms with Crippen molar-refractivity contribution < 1.29 is 13.9 Å². The van der Waals surface area contributed by atoms with Crippen LogP contribution in [-0.2, 0) is 9.53 Å². The van der Waals surface area contributed by atoms with Crippen LogP contribution < -0.4 is 0 Å². The molecule has 2 atom stereocenters. The number of ether oxygens (including phenoxy) is 1. The molecule has 2 aliphatic rings. The molecule has 1 amide bonds. The fourth-order valence-corrected chi connectivity index (χ4v) is 5.07. The van der Waals surface area contributed by atoms with E-state index in [0.29, 0.717) is 31.5 Å². The lowest BCUT2D eigenvalue weighted by Gasteiger charge is -2.34. The second-order valence-electron chi connectivity index (χ2n) is 5.71. The average Bonchev–Trinajstić information content (AvgIpc) is 3.05. The number of rotatable bonds is 3. The van der Waals surface area contributed by atoms with Gasteiger partial charge in [0.1, 0.15) is 0 Å². The lowest BCUT2D eigenvalue weighted by atomic mass is 10.2. The van der Waals surface area contributed by atoms with Gasteiger partial charge in [-0.25, -0.2) is 0 Å². The summed E-state index contributed by atoms with van der Waals surface area (Å²) in [7, 11) is 0. The van der Waals surface area contributed by atoms with Crippen LogP contribution in [0.3, 0.4) is 0 Å². The molecular weight excluding hydrogens is 322 g/mol. The molecule has 0 bridgehead atoms. The normalized spacial score (nSPS) is 26.4. The second kappa shape index (κ2) is 7.23. The first-order valence-corrected chi connectivity index (χ1v) is 9.78. The molecule has 0 N–H and O–H groups in total. The summed E-state index contributed by atoms with van der Waals surface area (Å²) >= 11 is 3.62. The Morgan fingerprint density at radius 1 is 1.36 bits per heavy atom. The van der Waals surface area contributed by atoms with Crippen molar-refractivity contribution in [2.24, 2.45) is 0 Å². The maximum atomic E-state index is 12.6. The molecule has 0 aromatic carbocycles. The Balaban J connectivity index is 1.64. The maximum absolute atomic E-state index is 12.6. The van der Waals surface area contributed by atoms with Gasteiger partial charge < -0.3 is 14.1 Å². The molecular formula is C14H21N3O3S2. The van der Waals surface area contributed by atoms with E-state index >= 15 is 0 Å². The summed E-state index contributed by atoms with van der Waals surface area (Å²) in [4.78, 5) is 14.5. The Labute approximate surface area is 138 Å². The van der Waals surface area contributed by atoms with Gasteiger partial charge in [-0.1, -0.05) is 13.8 Å². The van der Waals surface area contributed by atoms with Crippen LogP contribution in [-0.4, -0.2) is 63.2 Å². The Bertz CT molecular complexity index is 517. The largest absolute Gasteiger partial charge is 0.422 e. The van der Waals surface area contributed by atoms with Gasteiger partial charge in [-0.15, -0.1) is 22.0 Å². The van der Waals surface area contributed by atoms with Crippen LogP contribution in [0.4, 0.5) is 0 Å². The lowest BCUT2D eigenvalue weighted by Crippen LogP contribution is -2.47. The van der Waals surface area contributed by atoms with E-state index in [0.717, 1.165) is 17.3 Å². The zero-order valence-corrected chi connectivity index (χ0v) is 14.5. The molecule has 122 valence electrons. The van der Waals surface area contributed by atoms with E-state index in [1.54, 1.807) is 11.8 Å². The van der Waals surface area contributed by atoms with Crippen LogP contribution in [0.2, 0.25) is 0 Å². The van der Waals surface area contributed by atoms with Gasteiger partial charge in [-0.05, 0) is 0 Å². The van der Waals surface area contributed by atoms with Crippen molar-refractivity contribution in [1.82, 2.24) is 15.1 Å². The summed E-state index contributed by atoms with van der Waals surface area (Å²) in [6, 6.07) is 0. The van der Waals surface area contributed by atoms with E-state index in [1.165, 1.54) is 0 Å². The van der Waals surface area contributed by atoms with Crippen molar-refractivity contribution in [3.05, 3.63) is 11.8 Å². The SMILES string of the molecule is CC(C)c1nnc(C2CN(C(=O)C3CSCCS3)CCO2)o1. The van der Waals surface area contributed by atoms with Gasteiger partial charge in [-0.2, -0.15) is 11.8 Å². The number of aromatic nitrogens is 2. The highest BCUT2D eigenvalue weighted by molar-refractivity contribution is 8.07. The summed E-state index contributed by atoms with van der Waals surface area (Å²) in [5, 5.41) is 8.20. The molecule has 0 spiro atoms. The Hall–Kier alpha value is -0.730. The first-order valence-electron chi connectivity index (χ1n) is 7.58. The number of carbonyl (C=O) groups excluding carboxylic acids is 1. The summed E-state index contributed by atoms with van der Waals surface area (Å²) in [5.41, 5.74) is 0. The Kier molecular flexibility index (Phi) is 5.30. The topological polar surface area (TPSA) is 68.5 Å². The van der Waals surface area contributed by atoms with Crippen molar-refractivity contribution >= 4 is 29.4 Å². The minimum Gasteiger partial charge on any atom is -0.422 e. The third-order valence-corrected chi connectivity index (χ3v) is 6.44. The molecule has 6 nitrogen and oxygen atoms in total. The van der Waals surface area contributed by atoms with E-state index in [9.17, 15) is 4.79 Å². The highest BCUT2D eigenvalue weighted by Crippen LogP contribution is 2.28. The maximum Gasteiger partial charge on any atom is 0.247 e. The molecule has 2 saturated heterocycles. The second-order valence-corrected chi connectivity index (χ2v) is 8.17. The molecule has 3 heterocycles. The van der Waals surface area contributed by atoms with Gasteiger partial charge in [0.05, 0.1) is 18.4 Å². The molecule has 2 unspecified atom stereocenters. The quantitative estimate of drug-likeness (QED) is 0.831. The molecule has 22 heavy (non-hydrogen) atoms. The third-order valence-electron chi connectivity index (χ3n) is 3.70. The minimum atomic E-state index is -0.307. The van der Waals surface area contributed by atoms with Gasteiger partial charge >= 0.3 is 0 Å². The van der Waals surface area contributed by atoms with Crippen LogP contribution in [0.15, 0.2) is 4.42 Å². The van der Waals surface area contributed by atoms with E-state index in [2.05, 4.69) is 10.2 Å². The minimum absolute atomic E-state index is 0.0754. The molecule has 1 aromatic heterocycles. The van der Waals surface area contributed by atoms with Gasteiger partial charge in [0.15, 0.2) is 6.10 Å². The molecule has 0 saturated carbocycles. The number of morpholine rings is 1. The Morgan fingerprint density at radius 2 is 2.23 bits per heavy atom. The molecule has 3 rings (SSSR count). The smallest absolute Gasteiger partial charge is 0.247 e. The summed E-state index contributed by atoms with van der Waals surface area (Å²) in [6.07, 6.45) is -0.307. The number of thioether (sulfide) groups is 2. The highest BCUT2D eigenvalue weighted by atomic mass is 32.2. The molecule has 8 heteroatoms. The standard InChI is InChI=1S/C14H21N3O3S2/c1-9(2)12-15-16-13(20-12)10-7-17(3-4-19-10)14(18)11-8-21-5-6-22-11/h9-11H,3-8H2,1-2H3. The fourth-order valence-electron chi connectivity index (χ4n) is 2.44. The average molecular weight is 343 g/mol. The summed E-state index contributed by atoms with van der Waals surface area (Å²) < 4.78 is 11.4. The monoisotopic (exact) mass is 343 g/mol. The zero-order valence-electron chi connectivity index (χ0n) is 12.9. The summed E-state index contributed by atoms with van der Waals surface area (Å²) in [6.45, 7) is 5.67. The molecule has 0 radical (unpaired) electrons. The first kappa shape index (κ1) is 16.1. The third kappa shape index (κ3) is 3.60. The van der Waals surface area contributed by atoms with Crippen molar-refractivity contribution in [3.8, 4) is 0 Å². The number of nitrogens with zero attached hydrogens (tertiary/aromatic N) is 3. The Morgan fingerprint density at radius 3 is 2.91 bits per heavy atom. The van der Waals surface area contributed by atoms with Crippen molar-refractivity contribution in [2.75, 3.05) is 37.0 Å². The fraction of sp³-hybridized carbons (Fsp3) is 0.786. The molecule has 2 fully saturated rings. The highest BCUT2D eigenvalue weighted by Gasteiger charge is 2.33. The van der Waals surface area contributed by atoms with Crippen molar-refractivity contribution in [1.29, 1.82) is 0 Å². The lowest BCUT2D eigenvalue weighted by molar-refractivity contribution is -0.138. The first-order chi connectivity index (χ1) is 10.6. The predicted octanol–water partition coefficient (Wildman–Crippen LogP) is 1.94. The van der Waals surface area contributed by atoms with Crippen LogP contribution in [0.1, 0.15) is 37.7 Å². The zero-order chi connectivity index (χ0) is 15.5. The van der Waals surface area contributed by atoms with Crippen LogP contribution in [0, 0.1) is 0 Å². The molecule has 2 aliphatic heterocycles. The van der Waals surface area contributed by atoms with Gasteiger partial charge in [-0.3, -0.25) is 4.79 Å². The van der Waals surface area contributed by atoms with Crippen LogP contribution >= 0.6 is 23.5 Å². The van der Waals surface area contributed by atoms with E-state index in [4.69, 9.17) is 9.15 Å².